The van der Waals surface area contributed by atoms with Crippen molar-refractivity contribution in [2.45, 2.75) is 71.8 Å². The second-order valence-corrected chi connectivity index (χ2v) is 8.85. The first-order chi connectivity index (χ1) is 16.6. The number of para-hydroxylation sites is 2. The zero-order valence-electron chi connectivity index (χ0n) is 20.9. The summed E-state index contributed by atoms with van der Waals surface area (Å²) in [6.45, 7) is 8.61. The predicted molar refractivity (Wildman–Crippen MR) is 140 cm³/mol. The van der Waals surface area contributed by atoms with Crippen LogP contribution in [0.15, 0.2) is 60.7 Å². The maximum atomic E-state index is 11.5. The van der Waals surface area contributed by atoms with E-state index in [4.69, 9.17) is 9.72 Å². The van der Waals surface area contributed by atoms with Gasteiger partial charge in [-0.15, -0.1) is 0 Å². The number of fused-ring (bicyclic) bond motifs is 1. The predicted octanol–water partition coefficient (Wildman–Crippen LogP) is 6.42. The molecule has 0 spiro atoms. The number of ether oxygens (including phenoxy) is 1. The summed E-state index contributed by atoms with van der Waals surface area (Å²) < 4.78 is 8.36. The third-order valence-electron chi connectivity index (χ3n) is 6.28. The lowest BCUT2D eigenvalue weighted by Crippen LogP contribution is -2.21. The van der Waals surface area contributed by atoms with E-state index in [0.717, 1.165) is 68.7 Å². The monoisotopic (exact) mass is 461 g/mol. The van der Waals surface area contributed by atoms with Crippen LogP contribution in [0.25, 0.3) is 11.0 Å². The Morgan fingerprint density at radius 1 is 1.09 bits per heavy atom. The Labute approximate surface area is 204 Å². The summed E-state index contributed by atoms with van der Waals surface area (Å²) in [5.41, 5.74) is 3.61. The highest BCUT2D eigenvalue weighted by Gasteiger charge is 2.10. The third-order valence-corrected chi connectivity index (χ3v) is 6.28. The van der Waals surface area contributed by atoms with Gasteiger partial charge in [-0.25, -0.2) is 4.98 Å². The highest BCUT2D eigenvalue weighted by Crippen LogP contribution is 2.22. The molecule has 0 aliphatic rings. The molecule has 0 saturated carbocycles. The molecule has 1 aromatic heterocycles. The second-order valence-electron chi connectivity index (χ2n) is 8.85. The van der Waals surface area contributed by atoms with E-state index < -0.39 is 0 Å². The quantitative estimate of drug-likeness (QED) is 0.222. The van der Waals surface area contributed by atoms with E-state index in [9.17, 15) is 4.79 Å². The maximum absolute atomic E-state index is 11.5. The number of carbonyl (C=O) groups is 1. The minimum atomic E-state index is -0.0158. The van der Waals surface area contributed by atoms with Crippen LogP contribution in [0.4, 0.5) is 0 Å². The van der Waals surface area contributed by atoms with Gasteiger partial charge in [-0.3, -0.25) is 4.79 Å². The molecule has 5 nitrogen and oxygen atoms in total. The molecule has 1 amide bonds. The molecule has 3 aromatic rings. The van der Waals surface area contributed by atoms with Crippen molar-refractivity contribution in [2.75, 3.05) is 13.2 Å². The van der Waals surface area contributed by atoms with E-state index in [2.05, 4.69) is 66.2 Å². The largest absolute Gasteiger partial charge is 0.494 e. The molecular weight excluding hydrogens is 422 g/mol. The third kappa shape index (κ3) is 7.47. The van der Waals surface area contributed by atoms with Crippen LogP contribution in [0.3, 0.4) is 0 Å². The number of nitrogens with one attached hydrogen (secondary N) is 1. The van der Waals surface area contributed by atoms with Crippen LogP contribution in [-0.4, -0.2) is 28.6 Å². The van der Waals surface area contributed by atoms with Gasteiger partial charge in [-0.2, -0.15) is 0 Å². The summed E-state index contributed by atoms with van der Waals surface area (Å²) in [5, 5.41) is 2.91. The second kappa shape index (κ2) is 13.6. The molecule has 1 unspecified atom stereocenters. The molecule has 34 heavy (non-hydrogen) atoms. The van der Waals surface area contributed by atoms with Crippen LogP contribution in [0.2, 0.25) is 0 Å². The molecule has 1 heterocycles. The standard InChI is InChI=1S/C29H39N3O2/c1-4-12-29(33)30-20-10-6-7-15-28-31-26-13-8-9-14-27(26)32(28)21-11-22-34-25-18-16-24(17-19-25)23(3)5-2/h4,8-9,12-14,16-19,23H,5-7,10-11,15,20-22H2,1-3H3,(H,30,33)/b12-4+. The zero-order chi connectivity index (χ0) is 24.2. The number of rotatable bonds is 14. The van der Waals surface area contributed by atoms with Crippen molar-refractivity contribution in [3.8, 4) is 5.75 Å². The van der Waals surface area contributed by atoms with E-state index >= 15 is 0 Å². The average molecular weight is 462 g/mol. The smallest absolute Gasteiger partial charge is 0.243 e. The van der Waals surface area contributed by atoms with Crippen LogP contribution < -0.4 is 10.1 Å². The zero-order valence-corrected chi connectivity index (χ0v) is 20.9. The fourth-order valence-electron chi connectivity index (χ4n) is 4.11. The minimum Gasteiger partial charge on any atom is -0.494 e. The highest BCUT2D eigenvalue weighted by molar-refractivity contribution is 5.87. The topological polar surface area (TPSA) is 56.2 Å². The number of amides is 1. The number of hydrogen-bond acceptors (Lipinski definition) is 3. The molecular formula is C29H39N3O2. The summed E-state index contributed by atoms with van der Waals surface area (Å²) >= 11 is 0. The molecule has 5 heteroatoms. The van der Waals surface area contributed by atoms with Gasteiger partial charge < -0.3 is 14.6 Å². The molecule has 0 fully saturated rings. The van der Waals surface area contributed by atoms with Gasteiger partial charge in [0.2, 0.25) is 5.91 Å². The van der Waals surface area contributed by atoms with Crippen molar-refractivity contribution in [1.29, 1.82) is 0 Å². The summed E-state index contributed by atoms with van der Waals surface area (Å²) in [6, 6.07) is 16.9. The lowest BCUT2D eigenvalue weighted by atomic mass is 9.99. The summed E-state index contributed by atoms with van der Waals surface area (Å²) in [4.78, 5) is 16.4. The van der Waals surface area contributed by atoms with Crippen molar-refractivity contribution in [3.63, 3.8) is 0 Å². The highest BCUT2D eigenvalue weighted by atomic mass is 16.5. The number of benzene rings is 2. The number of allylic oxidation sites excluding steroid dienone is 1. The Hall–Kier alpha value is -3.08. The van der Waals surface area contributed by atoms with E-state index in [1.165, 1.54) is 11.1 Å². The number of aromatic nitrogens is 2. The summed E-state index contributed by atoms with van der Waals surface area (Å²) in [5.74, 6) is 2.64. The lowest BCUT2D eigenvalue weighted by molar-refractivity contribution is -0.116. The molecule has 0 aliphatic carbocycles. The Morgan fingerprint density at radius 3 is 2.65 bits per heavy atom. The molecule has 1 N–H and O–H groups in total. The Bertz CT molecular complexity index is 1050. The number of nitrogens with zero attached hydrogens (tertiary/aromatic N) is 2. The molecule has 182 valence electrons. The molecule has 2 aromatic carbocycles. The SMILES string of the molecule is C/C=C/C(=O)NCCCCCc1nc2ccccc2n1CCCOc1ccc(C(C)CC)cc1. The van der Waals surface area contributed by atoms with Crippen molar-refractivity contribution < 1.29 is 9.53 Å². The Morgan fingerprint density at radius 2 is 1.88 bits per heavy atom. The normalized spacial score (nSPS) is 12.3. The van der Waals surface area contributed by atoms with Gasteiger partial charge in [0, 0.05) is 19.5 Å². The first-order valence-electron chi connectivity index (χ1n) is 12.7. The van der Waals surface area contributed by atoms with Crippen molar-refractivity contribution >= 4 is 16.9 Å². The van der Waals surface area contributed by atoms with Gasteiger partial charge in [-0.05, 0) is 74.4 Å². The van der Waals surface area contributed by atoms with E-state index in [-0.39, 0.29) is 5.91 Å². The number of hydrogen-bond donors (Lipinski definition) is 1. The minimum absolute atomic E-state index is 0.0158. The van der Waals surface area contributed by atoms with Gasteiger partial charge in [0.15, 0.2) is 0 Å². The van der Waals surface area contributed by atoms with E-state index in [1.54, 1.807) is 12.2 Å². The van der Waals surface area contributed by atoms with Crippen LogP contribution >= 0.6 is 0 Å². The number of imidazole rings is 1. The van der Waals surface area contributed by atoms with Crippen molar-refractivity contribution in [3.05, 3.63) is 72.1 Å². The van der Waals surface area contributed by atoms with Crippen LogP contribution in [0, 0.1) is 0 Å². The lowest BCUT2D eigenvalue weighted by Gasteiger charge is -2.12. The number of unbranched alkanes of at least 4 members (excludes halogenated alkanes) is 2. The number of aryl methyl sites for hydroxylation is 2. The average Bonchev–Trinajstić information content (AvgIpc) is 3.21. The molecule has 0 bridgehead atoms. The van der Waals surface area contributed by atoms with Crippen molar-refractivity contribution in [1.82, 2.24) is 14.9 Å². The Balaban J connectivity index is 1.49. The fraction of sp³-hybridized carbons (Fsp3) is 0.448. The molecule has 0 saturated heterocycles. The van der Waals surface area contributed by atoms with E-state index in [0.29, 0.717) is 12.5 Å². The molecule has 3 rings (SSSR count). The van der Waals surface area contributed by atoms with Crippen molar-refractivity contribution in [2.24, 2.45) is 0 Å². The Kier molecular flexibility index (Phi) is 10.2. The van der Waals surface area contributed by atoms with Gasteiger partial charge in [0.25, 0.3) is 0 Å². The summed E-state index contributed by atoms with van der Waals surface area (Å²) in [7, 11) is 0. The van der Waals surface area contributed by atoms with Gasteiger partial charge in [0.1, 0.15) is 11.6 Å². The molecule has 1 atom stereocenters. The first kappa shape index (κ1) is 25.5. The molecule has 0 radical (unpaired) electrons. The summed E-state index contributed by atoms with van der Waals surface area (Å²) in [6.07, 6.45) is 9.44. The van der Waals surface area contributed by atoms with Crippen LogP contribution in [0.1, 0.15) is 70.2 Å². The first-order valence-corrected chi connectivity index (χ1v) is 12.7. The van der Waals surface area contributed by atoms with E-state index in [1.807, 2.05) is 13.0 Å². The maximum Gasteiger partial charge on any atom is 0.243 e. The number of carbonyl (C=O) groups excluding carboxylic acids is 1. The van der Waals surface area contributed by atoms with Crippen LogP contribution in [-0.2, 0) is 17.8 Å². The van der Waals surface area contributed by atoms with Crippen LogP contribution in [0.5, 0.6) is 5.75 Å². The van der Waals surface area contributed by atoms with Gasteiger partial charge >= 0.3 is 0 Å². The van der Waals surface area contributed by atoms with Gasteiger partial charge in [-0.1, -0.05) is 50.6 Å². The molecule has 0 aliphatic heterocycles. The van der Waals surface area contributed by atoms with Gasteiger partial charge in [0.05, 0.1) is 17.6 Å². The fourth-order valence-corrected chi connectivity index (χ4v) is 4.11.